The van der Waals surface area contributed by atoms with E-state index in [1.54, 1.807) is 67.6 Å². The molecule has 4 aromatic rings. The zero-order chi connectivity index (χ0) is 29.9. The van der Waals surface area contributed by atoms with Gasteiger partial charge in [0.05, 0.1) is 10.6 Å². The molecule has 2 amide bonds. The van der Waals surface area contributed by atoms with Gasteiger partial charge in [-0.2, -0.15) is 0 Å². The van der Waals surface area contributed by atoms with Crippen molar-refractivity contribution in [1.82, 2.24) is 0 Å². The number of benzene rings is 4. The lowest BCUT2D eigenvalue weighted by atomic mass is 9.87. The molecule has 0 aliphatic heterocycles. The quantitative estimate of drug-likeness (QED) is 0.219. The number of rotatable bonds is 7. The van der Waals surface area contributed by atoms with Gasteiger partial charge in [-0.1, -0.05) is 57.2 Å². The molecule has 0 saturated heterocycles. The summed E-state index contributed by atoms with van der Waals surface area (Å²) in [5.74, 6) is -0.743. The molecule has 0 aromatic heterocycles. The van der Waals surface area contributed by atoms with Crippen molar-refractivity contribution in [3.63, 3.8) is 0 Å². The monoisotopic (exact) mass is 569 g/mol. The maximum absolute atomic E-state index is 13.3. The van der Waals surface area contributed by atoms with Gasteiger partial charge in [0.15, 0.2) is 0 Å². The third-order valence-electron chi connectivity index (χ3n) is 6.98. The van der Waals surface area contributed by atoms with E-state index in [1.165, 1.54) is 6.07 Å². The van der Waals surface area contributed by atoms with Crippen LogP contribution in [0.4, 0.5) is 17.1 Å². The number of anilines is 3. The SMILES string of the molecule is Cc1ccc(C(=O)Nc2cccc(NC(=O)c3ccc(C(C)(C)C)cc3)c2)cc1S(=O)(=O)Nc1cccc(C)c1C. The fraction of sp³-hybridized carbons (Fsp3) is 0.212. The Bertz CT molecular complexity index is 1720. The summed E-state index contributed by atoms with van der Waals surface area (Å²) < 4.78 is 29.2. The van der Waals surface area contributed by atoms with Crippen LogP contribution < -0.4 is 15.4 Å². The second-order valence-corrected chi connectivity index (χ2v) is 12.8. The molecular weight excluding hydrogens is 534 g/mol. The van der Waals surface area contributed by atoms with Crippen LogP contribution in [0.1, 0.15) is 63.7 Å². The van der Waals surface area contributed by atoms with Gasteiger partial charge in [0.25, 0.3) is 21.8 Å². The molecule has 0 radical (unpaired) electrons. The Morgan fingerprint density at radius 3 is 1.83 bits per heavy atom. The van der Waals surface area contributed by atoms with Crippen molar-refractivity contribution < 1.29 is 18.0 Å². The number of hydrogen-bond acceptors (Lipinski definition) is 4. The largest absolute Gasteiger partial charge is 0.322 e. The Hall–Kier alpha value is -4.43. The van der Waals surface area contributed by atoms with Crippen LogP contribution in [-0.2, 0) is 15.4 Å². The van der Waals surface area contributed by atoms with Gasteiger partial charge in [-0.05, 0) is 97.0 Å². The minimum atomic E-state index is -3.95. The van der Waals surface area contributed by atoms with Crippen molar-refractivity contribution in [3.05, 3.63) is 118 Å². The van der Waals surface area contributed by atoms with Gasteiger partial charge in [0, 0.05) is 22.5 Å². The van der Waals surface area contributed by atoms with Crippen molar-refractivity contribution in [2.24, 2.45) is 0 Å². The van der Waals surface area contributed by atoms with E-state index in [9.17, 15) is 18.0 Å². The third kappa shape index (κ3) is 7.02. The van der Waals surface area contributed by atoms with Crippen LogP contribution in [0, 0.1) is 20.8 Å². The number of nitrogens with one attached hydrogen (secondary N) is 3. The molecule has 8 heteroatoms. The fourth-order valence-corrected chi connectivity index (χ4v) is 5.69. The van der Waals surface area contributed by atoms with Gasteiger partial charge in [0.2, 0.25) is 0 Å². The van der Waals surface area contributed by atoms with Gasteiger partial charge in [-0.15, -0.1) is 0 Å². The summed E-state index contributed by atoms with van der Waals surface area (Å²) in [4.78, 5) is 25.9. The Labute approximate surface area is 242 Å². The van der Waals surface area contributed by atoms with E-state index < -0.39 is 15.9 Å². The Morgan fingerprint density at radius 1 is 0.659 bits per heavy atom. The first-order chi connectivity index (χ1) is 19.2. The zero-order valence-corrected chi connectivity index (χ0v) is 24.9. The van der Waals surface area contributed by atoms with Crippen molar-refractivity contribution in [2.75, 3.05) is 15.4 Å². The average Bonchev–Trinajstić information content (AvgIpc) is 2.91. The van der Waals surface area contributed by atoms with E-state index in [4.69, 9.17) is 0 Å². The lowest BCUT2D eigenvalue weighted by Gasteiger charge is -2.19. The molecule has 0 aliphatic rings. The Morgan fingerprint density at radius 2 is 1.22 bits per heavy atom. The molecule has 0 atom stereocenters. The maximum Gasteiger partial charge on any atom is 0.262 e. The predicted octanol–water partition coefficient (Wildman–Crippen LogP) is 7.21. The molecule has 0 unspecified atom stereocenters. The summed E-state index contributed by atoms with van der Waals surface area (Å²) in [6.45, 7) is 11.8. The smallest absolute Gasteiger partial charge is 0.262 e. The molecule has 7 nitrogen and oxygen atoms in total. The van der Waals surface area contributed by atoms with Crippen LogP contribution in [0.25, 0.3) is 0 Å². The first kappa shape index (κ1) is 29.6. The van der Waals surface area contributed by atoms with Crippen LogP contribution in [0.5, 0.6) is 0 Å². The molecule has 0 aliphatic carbocycles. The van der Waals surface area contributed by atoms with Crippen molar-refractivity contribution >= 4 is 38.9 Å². The van der Waals surface area contributed by atoms with E-state index >= 15 is 0 Å². The molecule has 3 N–H and O–H groups in total. The number of carbonyl (C=O) groups is 2. The highest BCUT2D eigenvalue weighted by atomic mass is 32.2. The lowest BCUT2D eigenvalue weighted by molar-refractivity contribution is 0.101. The zero-order valence-electron chi connectivity index (χ0n) is 24.1. The average molecular weight is 570 g/mol. The minimum absolute atomic E-state index is 0.0134. The summed E-state index contributed by atoms with van der Waals surface area (Å²) in [5, 5.41) is 5.65. The molecule has 0 heterocycles. The highest BCUT2D eigenvalue weighted by Gasteiger charge is 2.21. The molecule has 0 saturated carbocycles. The van der Waals surface area contributed by atoms with Gasteiger partial charge >= 0.3 is 0 Å². The molecule has 0 bridgehead atoms. The lowest BCUT2D eigenvalue weighted by Crippen LogP contribution is -2.18. The maximum atomic E-state index is 13.3. The second-order valence-electron chi connectivity index (χ2n) is 11.1. The summed E-state index contributed by atoms with van der Waals surface area (Å²) in [7, 11) is -3.95. The van der Waals surface area contributed by atoms with Crippen molar-refractivity contribution in [1.29, 1.82) is 0 Å². The molecular formula is C33H35N3O4S. The number of sulfonamides is 1. The molecule has 4 aromatic carbocycles. The fourth-order valence-electron chi connectivity index (χ4n) is 4.30. The van der Waals surface area contributed by atoms with Crippen molar-refractivity contribution in [3.8, 4) is 0 Å². The van der Waals surface area contributed by atoms with E-state index in [0.717, 1.165) is 16.7 Å². The van der Waals surface area contributed by atoms with Gasteiger partial charge in [-0.25, -0.2) is 8.42 Å². The van der Waals surface area contributed by atoms with E-state index in [-0.39, 0.29) is 21.8 Å². The Balaban J connectivity index is 1.49. The van der Waals surface area contributed by atoms with Crippen molar-refractivity contribution in [2.45, 2.75) is 51.9 Å². The van der Waals surface area contributed by atoms with Crippen LogP contribution in [0.2, 0.25) is 0 Å². The highest BCUT2D eigenvalue weighted by molar-refractivity contribution is 7.92. The molecule has 0 spiro atoms. The molecule has 212 valence electrons. The number of carbonyl (C=O) groups excluding carboxylic acids is 2. The predicted molar refractivity (Wildman–Crippen MR) is 165 cm³/mol. The molecule has 0 fully saturated rings. The van der Waals surface area contributed by atoms with Gasteiger partial charge in [0.1, 0.15) is 0 Å². The number of hydrogen-bond donors (Lipinski definition) is 3. The molecule has 4 rings (SSSR count). The summed E-state index contributed by atoms with van der Waals surface area (Å²) in [5.41, 5.74) is 5.59. The number of aryl methyl sites for hydroxylation is 2. The standard InChI is InChI=1S/C33H35N3O4S/c1-21-9-7-12-29(23(21)3)36-41(39,40)30-19-25(14-13-22(30)2)32(38)35-28-11-8-10-27(20-28)34-31(37)24-15-17-26(18-16-24)33(4,5)6/h7-20,36H,1-6H3,(H,34,37)(H,35,38). The second kappa shape index (κ2) is 11.6. The van der Waals surface area contributed by atoms with Gasteiger partial charge < -0.3 is 10.6 Å². The first-order valence-corrected chi connectivity index (χ1v) is 14.8. The number of amides is 2. The summed E-state index contributed by atoms with van der Waals surface area (Å²) in [6, 6.07) is 24.2. The Kier molecular flexibility index (Phi) is 8.35. The minimum Gasteiger partial charge on any atom is -0.322 e. The van der Waals surface area contributed by atoms with Gasteiger partial charge in [-0.3, -0.25) is 14.3 Å². The molecule has 41 heavy (non-hydrogen) atoms. The first-order valence-electron chi connectivity index (χ1n) is 13.3. The van der Waals surface area contributed by atoms with E-state index in [1.807, 2.05) is 32.0 Å². The highest BCUT2D eigenvalue weighted by Crippen LogP contribution is 2.26. The van der Waals surface area contributed by atoms with Crippen LogP contribution in [0.3, 0.4) is 0 Å². The van der Waals surface area contributed by atoms with E-state index in [2.05, 4.69) is 36.1 Å². The van der Waals surface area contributed by atoms with Crippen LogP contribution in [-0.4, -0.2) is 20.2 Å². The van der Waals surface area contributed by atoms with Crippen LogP contribution >= 0.6 is 0 Å². The van der Waals surface area contributed by atoms with Crippen LogP contribution in [0.15, 0.2) is 89.8 Å². The third-order valence-corrected chi connectivity index (χ3v) is 8.49. The van der Waals surface area contributed by atoms with E-state index in [0.29, 0.717) is 28.2 Å². The summed E-state index contributed by atoms with van der Waals surface area (Å²) in [6.07, 6.45) is 0. The topological polar surface area (TPSA) is 104 Å². The summed E-state index contributed by atoms with van der Waals surface area (Å²) >= 11 is 0. The normalized spacial score (nSPS) is 11.6.